The van der Waals surface area contributed by atoms with Gasteiger partial charge in [-0.05, 0) is 56.2 Å². The van der Waals surface area contributed by atoms with Crippen molar-refractivity contribution in [2.45, 2.75) is 38.5 Å². The van der Waals surface area contributed by atoms with Crippen molar-refractivity contribution in [1.29, 1.82) is 0 Å². The Morgan fingerprint density at radius 2 is 2.08 bits per heavy atom. The molecule has 1 N–H and O–H groups in total. The van der Waals surface area contributed by atoms with Crippen LogP contribution in [0.4, 0.5) is 0 Å². The van der Waals surface area contributed by atoms with E-state index >= 15 is 0 Å². The Morgan fingerprint density at radius 3 is 2.73 bits per heavy atom. The molecular weight excluding hydrogens is 398 g/mol. The van der Waals surface area contributed by atoms with Crippen LogP contribution >= 0.6 is 15.9 Å². The Balaban J connectivity index is 1.53. The summed E-state index contributed by atoms with van der Waals surface area (Å²) in [5, 5.41) is 10.4. The molecule has 2 unspecified atom stereocenters. The van der Waals surface area contributed by atoms with Crippen LogP contribution in [0.25, 0.3) is 0 Å². The van der Waals surface area contributed by atoms with Crippen LogP contribution in [0.3, 0.4) is 0 Å². The van der Waals surface area contributed by atoms with Gasteiger partial charge in [0.2, 0.25) is 0 Å². The second kappa shape index (κ2) is 9.55. The van der Waals surface area contributed by atoms with Gasteiger partial charge in [0.25, 0.3) is 0 Å². The van der Waals surface area contributed by atoms with Crippen molar-refractivity contribution in [3.63, 3.8) is 0 Å². The SMILES string of the molecule is Cc1ccc(CN(CC(O)COc2ccc(Br)cc2)CC2CCCO2)o1. The molecule has 2 aromatic rings. The topological polar surface area (TPSA) is 55.1 Å². The first-order valence-electron chi connectivity index (χ1n) is 9.04. The van der Waals surface area contributed by atoms with Gasteiger partial charge >= 0.3 is 0 Å². The van der Waals surface area contributed by atoms with Crippen LogP contribution in [0, 0.1) is 6.92 Å². The number of hydrogen-bond donors (Lipinski definition) is 1. The van der Waals surface area contributed by atoms with Crippen molar-refractivity contribution in [3.8, 4) is 5.75 Å². The highest BCUT2D eigenvalue weighted by molar-refractivity contribution is 9.10. The van der Waals surface area contributed by atoms with Crippen molar-refractivity contribution in [2.75, 3.05) is 26.3 Å². The number of halogens is 1. The summed E-state index contributed by atoms with van der Waals surface area (Å²) in [6.45, 7) is 4.97. The van der Waals surface area contributed by atoms with E-state index in [1.807, 2.05) is 43.3 Å². The van der Waals surface area contributed by atoms with E-state index in [0.717, 1.165) is 47.7 Å². The van der Waals surface area contributed by atoms with Gasteiger partial charge in [-0.3, -0.25) is 4.90 Å². The zero-order chi connectivity index (χ0) is 18.4. The quantitative estimate of drug-likeness (QED) is 0.664. The lowest BCUT2D eigenvalue weighted by molar-refractivity contribution is 0.0289. The molecule has 0 saturated carbocycles. The van der Waals surface area contributed by atoms with Crippen molar-refractivity contribution >= 4 is 15.9 Å². The third kappa shape index (κ3) is 6.13. The smallest absolute Gasteiger partial charge is 0.119 e. The van der Waals surface area contributed by atoms with E-state index in [2.05, 4.69) is 20.8 Å². The molecule has 26 heavy (non-hydrogen) atoms. The molecule has 0 spiro atoms. The van der Waals surface area contributed by atoms with Gasteiger partial charge in [-0.2, -0.15) is 0 Å². The normalized spacial score (nSPS) is 18.4. The standard InChI is InChI=1S/C20H26BrNO4/c1-15-4-7-20(26-15)13-22(12-19-3-2-10-24-19)11-17(23)14-25-18-8-5-16(21)6-9-18/h4-9,17,19,23H,2-3,10-14H2,1H3. The Bertz CT molecular complexity index is 667. The molecule has 142 valence electrons. The summed E-state index contributed by atoms with van der Waals surface area (Å²) in [6.07, 6.45) is 1.81. The highest BCUT2D eigenvalue weighted by atomic mass is 79.9. The lowest BCUT2D eigenvalue weighted by Gasteiger charge is -2.26. The fourth-order valence-corrected chi connectivity index (χ4v) is 3.41. The number of furan rings is 1. The highest BCUT2D eigenvalue weighted by Gasteiger charge is 2.22. The van der Waals surface area contributed by atoms with Gasteiger partial charge in [-0.25, -0.2) is 0 Å². The van der Waals surface area contributed by atoms with Gasteiger partial charge in [0.05, 0.1) is 12.6 Å². The van der Waals surface area contributed by atoms with Crippen LogP contribution in [-0.4, -0.2) is 48.5 Å². The molecule has 1 fully saturated rings. The summed E-state index contributed by atoms with van der Waals surface area (Å²) < 4.78 is 18.2. The number of nitrogens with zero attached hydrogens (tertiary/aromatic N) is 1. The molecule has 2 atom stereocenters. The van der Waals surface area contributed by atoms with E-state index in [4.69, 9.17) is 13.9 Å². The molecule has 1 aromatic heterocycles. The zero-order valence-electron chi connectivity index (χ0n) is 15.1. The van der Waals surface area contributed by atoms with E-state index in [1.165, 1.54) is 0 Å². The Hall–Kier alpha value is -1.34. The molecule has 3 rings (SSSR count). The van der Waals surface area contributed by atoms with E-state index < -0.39 is 6.10 Å². The fourth-order valence-electron chi connectivity index (χ4n) is 3.14. The minimum Gasteiger partial charge on any atom is -0.491 e. The van der Waals surface area contributed by atoms with Crippen molar-refractivity contribution in [1.82, 2.24) is 4.90 Å². The number of rotatable bonds is 9. The third-order valence-electron chi connectivity index (χ3n) is 4.39. The predicted molar refractivity (Wildman–Crippen MR) is 103 cm³/mol. The molecule has 0 aliphatic carbocycles. The number of hydrogen-bond acceptors (Lipinski definition) is 5. The number of benzene rings is 1. The van der Waals surface area contributed by atoms with Crippen LogP contribution in [-0.2, 0) is 11.3 Å². The molecule has 0 radical (unpaired) electrons. The lowest BCUT2D eigenvalue weighted by atomic mass is 10.2. The maximum atomic E-state index is 10.4. The summed E-state index contributed by atoms with van der Waals surface area (Å²) in [7, 11) is 0. The summed E-state index contributed by atoms with van der Waals surface area (Å²) in [4.78, 5) is 2.18. The molecular formula is C20H26BrNO4. The second-order valence-electron chi connectivity index (χ2n) is 6.76. The lowest BCUT2D eigenvalue weighted by Crippen LogP contribution is -2.39. The van der Waals surface area contributed by atoms with Crippen LogP contribution in [0.5, 0.6) is 5.75 Å². The van der Waals surface area contributed by atoms with Gasteiger partial charge in [-0.15, -0.1) is 0 Å². The zero-order valence-corrected chi connectivity index (χ0v) is 16.7. The van der Waals surface area contributed by atoms with Crippen LogP contribution in [0.15, 0.2) is 45.3 Å². The van der Waals surface area contributed by atoms with Gasteiger partial charge in [-0.1, -0.05) is 15.9 Å². The number of aliphatic hydroxyl groups excluding tert-OH is 1. The maximum absolute atomic E-state index is 10.4. The Labute approximate surface area is 163 Å². The minimum atomic E-state index is -0.587. The van der Waals surface area contributed by atoms with Gasteiger partial charge < -0.3 is 19.0 Å². The van der Waals surface area contributed by atoms with Gasteiger partial charge in [0.15, 0.2) is 0 Å². The van der Waals surface area contributed by atoms with Crippen molar-refractivity contribution in [3.05, 3.63) is 52.4 Å². The summed E-state index contributed by atoms with van der Waals surface area (Å²) >= 11 is 3.40. The molecule has 1 aromatic carbocycles. The average Bonchev–Trinajstić information content (AvgIpc) is 3.26. The van der Waals surface area contributed by atoms with Crippen LogP contribution in [0.2, 0.25) is 0 Å². The largest absolute Gasteiger partial charge is 0.491 e. The van der Waals surface area contributed by atoms with Crippen LogP contribution in [0.1, 0.15) is 24.4 Å². The minimum absolute atomic E-state index is 0.227. The fraction of sp³-hybridized carbons (Fsp3) is 0.500. The van der Waals surface area contributed by atoms with E-state index in [0.29, 0.717) is 13.1 Å². The molecule has 1 aliphatic rings. The highest BCUT2D eigenvalue weighted by Crippen LogP contribution is 2.18. The number of ether oxygens (including phenoxy) is 2. The molecule has 0 amide bonds. The molecule has 6 heteroatoms. The average molecular weight is 424 g/mol. The first kappa shape index (κ1) is 19.4. The monoisotopic (exact) mass is 423 g/mol. The summed E-state index contributed by atoms with van der Waals surface area (Å²) in [5.41, 5.74) is 0. The first-order chi connectivity index (χ1) is 12.6. The van der Waals surface area contributed by atoms with E-state index in [-0.39, 0.29) is 12.7 Å². The van der Waals surface area contributed by atoms with Crippen LogP contribution < -0.4 is 4.74 Å². The molecule has 1 saturated heterocycles. The second-order valence-corrected chi connectivity index (χ2v) is 7.68. The molecule has 2 heterocycles. The first-order valence-corrected chi connectivity index (χ1v) is 9.83. The van der Waals surface area contributed by atoms with E-state index in [9.17, 15) is 5.11 Å². The molecule has 1 aliphatic heterocycles. The Morgan fingerprint density at radius 1 is 1.27 bits per heavy atom. The Kier molecular flexibility index (Phi) is 7.14. The predicted octanol–water partition coefficient (Wildman–Crippen LogP) is 3.77. The van der Waals surface area contributed by atoms with E-state index in [1.54, 1.807) is 0 Å². The maximum Gasteiger partial charge on any atom is 0.119 e. The summed E-state index contributed by atoms with van der Waals surface area (Å²) in [6, 6.07) is 11.6. The van der Waals surface area contributed by atoms with Gasteiger partial charge in [0, 0.05) is 24.2 Å². The number of aliphatic hydroxyl groups is 1. The van der Waals surface area contributed by atoms with Crippen molar-refractivity contribution in [2.24, 2.45) is 0 Å². The van der Waals surface area contributed by atoms with Crippen molar-refractivity contribution < 1.29 is 19.0 Å². The number of aryl methyl sites for hydroxylation is 1. The third-order valence-corrected chi connectivity index (χ3v) is 4.91. The summed E-state index contributed by atoms with van der Waals surface area (Å²) in [5.74, 6) is 2.55. The molecule has 5 nitrogen and oxygen atoms in total. The van der Waals surface area contributed by atoms with Gasteiger partial charge in [0.1, 0.15) is 30.0 Å². The molecule has 0 bridgehead atoms.